The number of ether oxygens (including phenoxy) is 1. The minimum atomic E-state index is -0.484. The van der Waals surface area contributed by atoms with Crippen LogP contribution in [0, 0.1) is 11.8 Å². The SMILES string of the molecule is CC(C)(C)c1ccc(OC(=O)c2ccc(N3C(=O)[C@H]4CC=CC[C@@H]4C3=O)cc2)cc1. The Morgan fingerprint density at radius 1 is 0.867 bits per heavy atom. The van der Waals surface area contributed by atoms with Crippen molar-refractivity contribution in [1.82, 2.24) is 0 Å². The van der Waals surface area contributed by atoms with Crippen molar-refractivity contribution < 1.29 is 19.1 Å². The highest BCUT2D eigenvalue weighted by Crippen LogP contribution is 2.37. The molecule has 154 valence electrons. The number of anilines is 1. The fourth-order valence-electron chi connectivity index (χ4n) is 3.99. The van der Waals surface area contributed by atoms with Crippen molar-refractivity contribution >= 4 is 23.5 Å². The third-order valence-electron chi connectivity index (χ3n) is 5.80. The second-order valence-corrected chi connectivity index (χ2v) is 8.88. The summed E-state index contributed by atoms with van der Waals surface area (Å²) in [6.45, 7) is 6.37. The summed E-state index contributed by atoms with van der Waals surface area (Å²) in [6.07, 6.45) is 5.13. The Bertz CT molecular complexity index is 987. The second-order valence-electron chi connectivity index (χ2n) is 8.88. The predicted octanol–water partition coefficient (Wildman–Crippen LogP) is 4.66. The number of carbonyl (C=O) groups is 3. The smallest absolute Gasteiger partial charge is 0.343 e. The largest absolute Gasteiger partial charge is 0.423 e. The van der Waals surface area contributed by atoms with E-state index in [1.807, 2.05) is 24.3 Å². The van der Waals surface area contributed by atoms with Crippen LogP contribution < -0.4 is 9.64 Å². The average molecular weight is 403 g/mol. The summed E-state index contributed by atoms with van der Waals surface area (Å²) in [5.41, 5.74) is 2.03. The van der Waals surface area contributed by atoms with Gasteiger partial charge in [-0.3, -0.25) is 14.5 Å². The standard InChI is InChI=1S/C25H25NO4/c1-25(2,3)17-10-14-19(15-11-17)30-24(29)16-8-12-18(13-9-16)26-22(27)20-6-4-5-7-21(20)23(26)28/h4-5,8-15,20-21H,6-7H2,1-3H3/t20-,21-/m0/s1. The van der Waals surface area contributed by atoms with Gasteiger partial charge in [-0.1, -0.05) is 45.1 Å². The molecule has 2 atom stereocenters. The summed E-state index contributed by atoms with van der Waals surface area (Å²) in [5, 5.41) is 0. The molecule has 1 aliphatic carbocycles. The summed E-state index contributed by atoms with van der Waals surface area (Å²) in [5.74, 6) is -0.890. The Balaban J connectivity index is 1.46. The second kappa shape index (κ2) is 7.56. The average Bonchev–Trinajstić information content (AvgIpc) is 2.98. The number of carbonyl (C=O) groups excluding carboxylic acids is 3. The van der Waals surface area contributed by atoms with Crippen LogP contribution in [0.3, 0.4) is 0 Å². The molecule has 0 bridgehead atoms. The highest BCUT2D eigenvalue weighted by molar-refractivity contribution is 6.22. The van der Waals surface area contributed by atoms with Crippen LogP contribution in [-0.4, -0.2) is 17.8 Å². The Morgan fingerprint density at radius 3 is 1.90 bits per heavy atom. The third kappa shape index (κ3) is 3.67. The molecule has 5 heteroatoms. The molecule has 4 rings (SSSR count). The molecule has 1 fully saturated rings. The van der Waals surface area contributed by atoms with E-state index < -0.39 is 5.97 Å². The summed E-state index contributed by atoms with van der Waals surface area (Å²) in [4.78, 5) is 39.1. The monoisotopic (exact) mass is 403 g/mol. The minimum Gasteiger partial charge on any atom is -0.423 e. The first kappa shape index (κ1) is 20.1. The number of hydrogen-bond donors (Lipinski definition) is 0. The number of rotatable bonds is 3. The van der Waals surface area contributed by atoms with Crippen molar-refractivity contribution in [2.75, 3.05) is 4.90 Å². The van der Waals surface area contributed by atoms with Crippen LogP contribution >= 0.6 is 0 Å². The predicted molar refractivity (Wildman–Crippen MR) is 114 cm³/mol. The lowest BCUT2D eigenvalue weighted by molar-refractivity contribution is -0.122. The van der Waals surface area contributed by atoms with Gasteiger partial charge in [0, 0.05) is 0 Å². The highest BCUT2D eigenvalue weighted by Gasteiger charge is 2.47. The van der Waals surface area contributed by atoms with Gasteiger partial charge in [0.15, 0.2) is 0 Å². The number of nitrogens with zero attached hydrogens (tertiary/aromatic N) is 1. The van der Waals surface area contributed by atoms with Crippen molar-refractivity contribution in [2.45, 2.75) is 39.0 Å². The number of allylic oxidation sites excluding steroid dienone is 2. The van der Waals surface area contributed by atoms with Crippen molar-refractivity contribution in [2.24, 2.45) is 11.8 Å². The summed E-state index contributed by atoms with van der Waals surface area (Å²) < 4.78 is 5.46. The maximum absolute atomic E-state index is 12.7. The van der Waals surface area contributed by atoms with E-state index in [9.17, 15) is 14.4 Å². The van der Waals surface area contributed by atoms with Gasteiger partial charge in [-0.05, 0) is 60.2 Å². The van der Waals surface area contributed by atoms with Crippen molar-refractivity contribution in [3.8, 4) is 5.75 Å². The van der Waals surface area contributed by atoms with E-state index in [2.05, 4.69) is 20.8 Å². The van der Waals surface area contributed by atoms with E-state index in [1.165, 1.54) is 4.90 Å². The normalized spacial score (nSPS) is 21.0. The lowest BCUT2D eigenvalue weighted by atomic mass is 9.85. The van der Waals surface area contributed by atoms with Gasteiger partial charge in [-0.15, -0.1) is 0 Å². The van der Waals surface area contributed by atoms with Crippen LogP contribution in [0.5, 0.6) is 5.75 Å². The first-order chi connectivity index (χ1) is 14.3. The molecule has 1 aliphatic heterocycles. The van der Waals surface area contributed by atoms with Gasteiger partial charge in [-0.2, -0.15) is 0 Å². The van der Waals surface area contributed by atoms with Gasteiger partial charge in [0.2, 0.25) is 11.8 Å². The Kier molecular flexibility index (Phi) is 5.06. The summed E-state index contributed by atoms with van der Waals surface area (Å²) in [7, 11) is 0. The number of amides is 2. The molecule has 2 aromatic carbocycles. The first-order valence-corrected chi connectivity index (χ1v) is 10.2. The van der Waals surface area contributed by atoms with E-state index in [4.69, 9.17) is 4.74 Å². The number of imide groups is 1. The molecule has 0 radical (unpaired) electrons. The first-order valence-electron chi connectivity index (χ1n) is 10.2. The molecular weight excluding hydrogens is 378 g/mol. The topological polar surface area (TPSA) is 63.7 Å². The van der Waals surface area contributed by atoms with Crippen LogP contribution in [0.25, 0.3) is 0 Å². The van der Waals surface area contributed by atoms with Crippen LogP contribution in [-0.2, 0) is 15.0 Å². The summed E-state index contributed by atoms with van der Waals surface area (Å²) in [6, 6.07) is 13.9. The maximum Gasteiger partial charge on any atom is 0.343 e. The molecule has 0 N–H and O–H groups in total. The molecule has 2 amide bonds. The van der Waals surface area contributed by atoms with E-state index in [0.29, 0.717) is 29.8 Å². The van der Waals surface area contributed by atoms with E-state index in [-0.39, 0.29) is 29.1 Å². The number of fused-ring (bicyclic) bond motifs is 1. The van der Waals surface area contributed by atoms with E-state index in [1.54, 1.807) is 36.4 Å². The number of esters is 1. The molecule has 0 spiro atoms. The van der Waals surface area contributed by atoms with Gasteiger partial charge in [0.05, 0.1) is 23.1 Å². The Labute approximate surface area is 176 Å². The number of hydrogen-bond acceptors (Lipinski definition) is 4. The number of benzene rings is 2. The zero-order valence-electron chi connectivity index (χ0n) is 17.4. The van der Waals surface area contributed by atoms with Crippen LogP contribution in [0.1, 0.15) is 49.5 Å². The van der Waals surface area contributed by atoms with Gasteiger partial charge in [-0.25, -0.2) is 4.79 Å². The molecular formula is C25H25NO4. The zero-order valence-corrected chi connectivity index (χ0v) is 17.4. The fraction of sp³-hybridized carbons (Fsp3) is 0.320. The quantitative estimate of drug-likeness (QED) is 0.324. The third-order valence-corrected chi connectivity index (χ3v) is 5.80. The van der Waals surface area contributed by atoms with Gasteiger partial charge in [0.1, 0.15) is 5.75 Å². The molecule has 30 heavy (non-hydrogen) atoms. The van der Waals surface area contributed by atoms with Gasteiger partial charge in [0.25, 0.3) is 0 Å². The Hall–Kier alpha value is -3.21. The van der Waals surface area contributed by atoms with Crippen LogP contribution in [0.4, 0.5) is 5.69 Å². The fourth-order valence-corrected chi connectivity index (χ4v) is 3.99. The molecule has 5 nitrogen and oxygen atoms in total. The maximum atomic E-state index is 12.7. The van der Waals surface area contributed by atoms with Gasteiger partial charge >= 0.3 is 5.97 Å². The van der Waals surface area contributed by atoms with E-state index in [0.717, 1.165) is 5.56 Å². The molecule has 0 aromatic heterocycles. The molecule has 0 unspecified atom stereocenters. The summed E-state index contributed by atoms with van der Waals surface area (Å²) >= 11 is 0. The molecule has 0 saturated carbocycles. The minimum absolute atomic E-state index is 0.0242. The molecule has 2 aliphatic rings. The van der Waals surface area contributed by atoms with Crippen LogP contribution in [0.2, 0.25) is 0 Å². The van der Waals surface area contributed by atoms with Crippen LogP contribution in [0.15, 0.2) is 60.7 Å². The van der Waals surface area contributed by atoms with Crippen molar-refractivity contribution in [3.05, 3.63) is 71.8 Å². The van der Waals surface area contributed by atoms with Crippen molar-refractivity contribution in [3.63, 3.8) is 0 Å². The molecule has 2 aromatic rings. The zero-order chi connectivity index (χ0) is 21.5. The molecule has 1 saturated heterocycles. The lowest BCUT2D eigenvalue weighted by Gasteiger charge is -2.19. The highest BCUT2D eigenvalue weighted by atomic mass is 16.5. The lowest BCUT2D eigenvalue weighted by Crippen LogP contribution is -2.30. The van der Waals surface area contributed by atoms with E-state index >= 15 is 0 Å². The Morgan fingerprint density at radius 2 is 1.40 bits per heavy atom. The molecule has 1 heterocycles. The van der Waals surface area contributed by atoms with Gasteiger partial charge < -0.3 is 4.74 Å². The van der Waals surface area contributed by atoms with Crippen molar-refractivity contribution in [1.29, 1.82) is 0 Å².